The summed E-state index contributed by atoms with van der Waals surface area (Å²) in [5.74, 6) is 0.786. The Bertz CT molecular complexity index is 903. The zero-order chi connectivity index (χ0) is 20.0. The molecule has 0 aliphatic carbocycles. The van der Waals surface area contributed by atoms with Crippen molar-refractivity contribution in [1.82, 2.24) is 0 Å². The Hall–Kier alpha value is -2.18. The molecule has 0 aliphatic rings. The molecule has 0 heterocycles. The minimum atomic E-state index is -0.139. The minimum Gasteiger partial charge on any atom is -0.489 e. The second kappa shape index (κ2) is 9.34. The maximum absolute atomic E-state index is 14.4. The quantitative estimate of drug-likeness (QED) is 0.385. The first kappa shape index (κ1) is 20.6. The summed E-state index contributed by atoms with van der Waals surface area (Å²) in [5, 5.41) is 0.655. The zero-order valence-corrected chi connectivity index (χ0v) is 17.8. The van der Waals surface area contributed by atoms with Gasteiger partial charge in [0.2, 0.25) is 0 Å². The number of benzene rings is 3. The van der Waals surface area contributed by atoms with E-state index in [1.807, 2.05) is 30.3 Å². The summed E-state index contributed by atoms with van der Waals surface area (Å²) in [7, 11) is 0.351. The highest BCUT2D eigenvalue weighted by Crippen LogP contribution is 2.50. The van der Waals surface area contributed by atoms with E-state index in [1.54, 1.807) is 12.1 Å². The molecule has 0 N–H and O–H groups in total. The van der Waals surface area contributed by atoms with Crippen molar-refractivity contribution < 1.29 is 9.13 Å². The van der Waals surface area contributed by atoms with Gasteiger partial charge in [-0.2, -0.15) is 0 Å². The van der Waals surface area contributed by atoms with Crippen LogP contribution in [-0.4, -0.2) is 0 Å². The Morgan fingerprint density at radius 3 is 2.25 bits per heavy atom. The first-order valence-corrected chi connectivity index (χ1v) is 10.9. The van der Waals surface area contributed by atoms with Crippen molar-refractivity contribution in [3.8, 4) is 5.75 Å². The molecule has 3 aromatic carbocycles. The number of aryl methyl sites for hydroxylation is 1. The van der Waals surface area contributed by atoms with Crippen molar-refractivity contribution in [3.63, 3.8) is 0 Å². The van der Waals surface area contributed by atoms with E-state index < -0.39 is 0 Å². The van der Waals surface area contributed by atoms with Crippen LogP contribution < -0.4 is 10.0 Å². The number of rotatable bonds is 8. The average Bonchev–Trinajstić information content (AvgIpc) is 2.73. The van der Waals surface area contributed by atoms with Crippen LogP contribution in [0.5, 0.6) is 5.75 Å². The topological polar surface area (TPSA) is 9.23 Å². The lowest BCUT2D eigenvalue weighted by Gasteiger charge is -2.34. The van der Waals surface area contributed by atoms with Crippen LogP contribution >= 0.6 is 8.58 Å². The highest BCUT2D eigenvalue weighted by atomic mass is 31.1. The van der Waals surface area contributed by atoms with Crippen LogP contribution in [0.3, 0.4) is 0 Å². The monoisotopic (exact) mass is 394 g/mol. The lowest BCUT2D eigenvalue weighted by molar-refractivity contribution is 0.298. The summed E-state index contributed by atoms with van der Waals surface area (Å²) in [6.45, 7) is 7.03. The maximum atomic E-state index is 14.4. The molecule has 0 aliphatic heterocycles. The molecule has 0 fully saturated rings. The van der Waals surface area contributed by atoms with E-state index >= 15 is 0 Å². The third-order valence-corrected chi connectivity index (χ3v) is 7.47. The summed E-state index contributed by atoms with van der Waals surface area (Å²) in [6, 6.07) is 23.7. The van der Waals surface area contributed by atoms with Crippen molar-refractivity contribution in [3.05, 3.63) is 95.3 Å². The standard InChI is InChI=1S/C25H28FOP/c1-4-25(5-2,28-24-14-10-9-13-22(24)26)21-17-19(3)15-16-23(21)27-18-20-11-7-6-8-12-20/h6-17,28H,4-5,18H2,1-3H3. The molecule has 0 bridgehead atoms. The van der Waals surface area contributed by atoms with E-state index in [1.165, 1.54) is 11.1 Å². The molecule has 146 valence electrons. The molecule has 0 amide bonds. The van der Waals surface area contributed by atoms with Gasteiger partial charge in [0.05, 0.1) is 0 Å². The fourth-order valence-corrected chi connectivity index (χ4v) is 5.16. The highest BCUT2D eigenvalue weighted by molar-refractivity contribution is 7.48. The van der Waals surface area contributed by atoms with Gasteiger partial charge in [-0.05, 0) is 37.5 Å². The normalized spacial score (nSPS) is 11.9. The predicted octanol–water partition coefficient (Wildman–Crippen LogP) is 6.73. The maximum Gasteiger partial charge on any atom is 0.130 e. The first-order valence-electron chi connectivity index (χ1n) is 9.88. The number of halogens is 1. The molecule has 0 saturated carbocycles. The summed E-state index contributed by atoms with van der Waals surface area (Å²) in [6.07, 6.45) is 1.86. The fraction of sp³-hybridized carbons (Fsp3) is 0.280. The molecule has 0 spiro atoms. The van der Waals surface area contributed by atoms with Gasteiger partial charge in [-0.15, -0.1) is 0 Å². The number of ether oxygens (including phenoxy) is 1. The van der Waals surface area contributed by atoms with Crippen LogP contribution in [-0.2, 0) is 11.8 Å². The van der Waals surface area contributed by atoms with Crippen LogP contribution in [0.4, 0.5) is 4.39 Å². The van der Waals surface area contributed by atoms with Gasteiger partial charge in [0.15, 0.2) is 0 Å². The molecular weight excluding hydrogens is 366 g/mol. The largest absolute Gasteiger partial charge is 0.489 e. The third kappa shape index (κ3) is 4.62. The van der Waals surface area contributed by atoms with Crippen LogP contribution in [0, 0.1) is 12.7 Å². The van der Waals surface area contributed by atoms with Gasteiger partial charge in [0.25, 0.3) is 0 Å². The fourth-order valence-electron chi connectivity index (χ4n) is 3.57. The van der Waals surface area contributed by atoms with Gasteiger partial charge < -0.3 is 4.74 Å². The molecule has 0 saturated heterocycles. The van der Waals surface area contributed by atoms with Crippen molar-refractivity contribution in [2.45, 2.75) is 45.4 Å². The van der Waals surface area contributed by atoms with E-state index in [0.29, 0.717) is 15.2 Å². The van der Waals surface area contributed by atoms with E-state index in [-0.39, 0.29) is 11.0 Å². The van der Waals surface area contributed by atoms with Crippen LogP contribution in [0.1, 0.15) is 43.4 Å². The lowest BCUT2D eigenvalue weighted by atomic mass is 9.90. The number of hydrogen-bond acceptors (Lipinski definition) is 1. The van der Waals surface area contributed by atoms with Gasteiger partial charge in [-0.3, -0.25) is 0 Å². The Labute approximate surface area is 169 Å². The summed E-state index contributed by atoms with van der Waals surface area (Å²) >= 11 is 0. The SMILES string of the molecule is CCC(CC)(Pc1ccccc1F)c1cc(C)ccc1OCc1ccccc1. The van der Waals surface area contributed by atoms with Crippen molar-refractivity contribution >= 4 is 13.9 Å². The predicted molar refractivity (Wildman–Crippen MR) is 119 cm³/mol. The Morgan fingerprint density at radius 2 is 1.57 bits per heavy atom. The van der Waals surface area contributed by atoms with Crippen molar-refractivity contribution in [2.75, 3.05) is 0 Å². The second-order valence-corrected chi connectivity index (χ2v) is 8.91. The first-order chi connectivity index (χ1) is 13.6. The van der Waals surface area contributed by atoms with E-state index in [0.717, 1.165) is 29.5 Å². The third-order valence-electron chi connectivity index (χ3n) is 5.34. The molecule has 1 unspecified atom stereocenters. The molecule has 3 heteroatoms. The van der Waals surface area contributed by atoms with Crippen LogP contribution in [0.15, 0.2) is 72.8 Å². The molecule has 1 atom stereocenters. The van der Waals surface area contributed by atoms with Crippen molar-refractivity contribution in [1.29, 1.82) is 0 Å². The molecule has 28 heavy (non-hydrogen) atoms. The lowest BCUT2D eigenvalue weighted by Crippen LogP contribution is -2.24. The van der Waals surface area contributed by atoms with Crippen LogP contribution in [0.25, 0.3) is 0 Å². The van der Waals surface area contributed by atoms with E-state index in [4.69, 9.17) is 4.74 Å². The molecule has 3 aromatic rings. The van der Waals surface area contributed by atoms with E-state index in [2.05, 4.69) is 51.1 Å². The molecular formula is C25H28FOP. The van der Waals surface area contributed by atoms with Gasteiger partial charge in [0, 0.05) is 16.0 Å². The Balaban J connectivity index is 1.97. The van der Waals surface area contributed by atoms with Gasteiger partial charge in [-0.1, -0.05) is 88.7 Å². The highest BCUT2D eigenvalue weighted by Gasteiger charge is 2.33. The van der Waals surface area contributed by atoms with Gasteiger partial charge in [0.1, 0.15) is 18.2 Å². The van der Waals surface area contributed by atoms with Gasteiger partial charge >= 0.3 is 0 Å². The number of hydrogen-bond donors (Lipinski definition) is 0. The minimum absolute atomic E-state index is 0.119. The van der Waals surface area contributed by atoms with Gasteiger partial charge in [-0.25, -0.2) is 4.39 Å². The molecule has 1 nitrogen and oxygen atoms in total. The zero-order valence-electron chi connectivity index (χ0n) is 16.8. The smallest absolute Gasteiger partial charge is 0.130 e. The second-order valence-electron chi connectivity index (χ2n) is 7.17. The molecule has 0 radical (unpaired) electrons. The average molecular weight is 394 g/mol. The van der Waals surface area contributed by atoms with Crippen LogP contribution in [0.2, 0.25) is 0 Å². The Morgan fingerprint density at radius 1 is 0.893 bits per heavy atom. The van der Waals surface area contributed by atoms with Crippen molar-refractivity contribution in [2.24, 2.45) is 0 Å². The summed E-state index contributed by atoms with van der Waals surface area (Å²) < 4.78 is 20.7. The summed E-state index contributed by atoms with van der Waals surface area (Å²) in [5.41, 5.74) is 3.53. The van der Waals surface area contributed by atoms with E-state index in [9.17, 15) is 4.39 Å². The molecule has 0 aromatic heterocycles. The summed E-state index contributed by atoms with van der Waals surface area (Å²) in [4.78, 5) is 0. The Kier molecular flexibility index (Phi) is 6.86. The molecule has 3 rings (SSSR count).